The molecule has 2 aliphatic rings. The van der Waals surface area contributed by atoms with E-state index >= 15 is 0 Å². The second-order valence-corrected chi connectivity index (χ2v) is 5.77. The van der Waals surface area contributed by atoms with Crippen LogP contribution in [0.5, 0.6) is 0 Å². The Balaban J connectivity index is 2.27. The average molecular weight is 249 g/mol. The van der Waals surface area contributed by atoms with E-state index in [2.05, 4.69) is 6.08 Å². The third-order valence-electron chi connectivity index (χ3n) is 4.61. The van der Waals surface area contributed by atoms with Gasteiger partial charge in [0.1, 0.15) is 6.29 Å². The van der Waals surface area contributed by atoms with Gasteiger partial charge in [0.2, 0.25) is 5.91 Å². The van der Waals surface area contributed by atoms with Gasteiger partial charge in [-0.15, -0.1) is 0 Å². The van der Waals surface area contributed by atoms with Crippen LogP contribution in [-0.4, -0.2) is 12.2 Å². The number of aldehydes is 1. The molecule has 0 spiro atoms. The molecule has 18 heavy (non-hydrogen) atoms. The Labute approximate surface area is 109 Å². The van der Waals surface area contributed by atoms with E-state index in [4.69, 9.17) is 5.73 Å². The summed E-state index contributed by atoms with van der Waals surface area (Å²) in [5.41, 5.74) is 6.41. The molecule has 0 aromatic rings. The molecule has 2 N–H and O–H groups in total. The van der Waals surface area contributed by atoms with Crippen LogP contribution >= 0.6 is 0 Å². The Kier molecular flexibility index (Phi) is 4.20. The Morgan fingerprint density at radius 2 is 2.17 bits per heavy atom. The molecule has 100 valence electrons. The largest absolute Gasteiger partial charge is 0.369 e. The lowest BCUT2D eigenvalue weighted by Gasteiger charge is -2.39. The number of carbonyl (C=O) groups excluding carboxylic acids is 2. The van der Waals surface area contributed by atoms with Gasteiger partial charge in [0, 0.05) is 5.92 Å². The second-order valence-electron chi connectivity index (χ2n) is 5.77. The fourth-order valence-corrected chi connectivity index (χ4v) is 3.56. The summed E-state index contributed by atoms with van der Waals surface area (Å²) < 4.78 is 0. The van der Waals surface area contributed by atoms with Crippen LogP contribution in [0.25, 0.3) is 0 Å². The summed E-state index contributed by atoms with van der Waals surface area (Å²) in [6.07, 6.45) is 12.2. The van der Waals surface area contributed by atoms with Gasteiger partial charge in [-0.1, -0.05) is 24.5 Å². The summed E-state index contributed by atoms with van der Waals surface area (Å²) in [6.45, 7) is 0. The van der Waals surface area contributed by atoms with Crippen molar-refractivity contribution in [2.45, 2.75) is 57.8 Å². The van der Waals surface area contributed by atoms with Crippen LogP contribution in [0.3, 0.4) is 0 Å². The first-order valence-corrected chi connectivity index (χ1v) is 7.14. The molecule has 0 bridgehead atoms. The number of hydrogen-bond acceptors (Lipinski definition) is 2. The summed E-state index contributed by atoms with van der Waals surface area (Å²) in [7, 11) is 0. The minimum Gasteiger partial charge on any atom is -0.369 e. The third-order valence-corrected chi connectivity index (χ3v) is 4.61. The molecule has 0 aliphatic heterocycles. The maximum Gasteiger partial charge on any atom is 0.227 e. The fraction of sp³-hybridized carbons (Fsp3) is 0.733. The molecule has 2 atom stereocenters. The maximum absolute atomic E-state index is 12.0. The lowest BCUT2D eigenvalue weighted by atomic mass is 9.64. The summed E-state index contributed by atoms with van der Waals surface area (Å²) in [5.74, 6) is -0.211. The molecule has 2 unspecified atom stereocenters. The topological polar surface area (TPSA) is 60.2 Å². The number of hydrogen-bond donors (Lipinski definition) is 1. The number of amides is 1. The quantitative estimate of drug-likeness (QED) is 0.617. The summed E-state index contributed by atoms with van der Waals surface area (Å²) in [4.78, 5) is 23.1. The summed E-state index contributed by atoms with van der Waals surface area (Å²) in [6, 6.07) is 0. The predicted molar refractivity (Wildman–Crippen MR) is 70.8 cm³/mol. The molecule has 0 saturated heterocycles. The van der Waals surface area contributed by atoms with E-state index in [0.29, 0.717) is 6.42 Å². The van der Waals surface area contributed by atoms with Crippen molar-refractivity contribution in [3.05, 3.63) is 11.6 Å². The summed E-state index contributed by atoms with van der Waals surface area (Å²) >= 11 is 0. The first-order valence-electron chi connectivity index (χ1n) is 7.14. The van der Waals surface area contributed by atoms with Gasteiger partial charge in [-0.05, 0) is 44.9 Å². The van der Waals surface area contributed by atoms with Gasteiger partial charge >= 0.3 is 0 Å². The monoisotopic (exact) mass is 249 g/mol. The normalized spacial score (nSPS) is 33.3. The molecule has 0 heterocycles. The first-order chi connectivity index (χ1) is 8.69. The molecule has 0 radical (unpaired) electrons. The Bertz CT molecular complexity index is 362. The van der Waals surface area contributed by atoms with Gasteiger partial charge in [0.05, 0.1) is 5.41 Å². The van der Waals surface area contributed by atoms with Crippen molar-refractivity contribution in [2.75, 3.05) is 0 Å². The molecule has 1 saturated carbocycles. The number of carbonyl (C=O) groups is 2. The van der Waals surface area contributed by atoms with E-state index < -0.39 is 5.41 Å². The maximum atomic E-state index is 12.0. The highest BCUT2D eigenvalue weighted by atomic mass is 16.1. The van der Waals surface area contributed by atoms with Crippen LogP contribution in [0.15, 0.2) is 11.6 Å². The smallest absolute Gasteiger partial charge is 0.227 e. The van der Waals surface area contributed by atoms with Crippen molar-refractivity contribution >= 4 is 12.2 Å². The van der Waals surface area contributed by atoms with E-state index in [0.717, 1.165) is 44.8 Å². The third kappa shape index (κ3) is 2.50. The second kappa shape index (κ2) is 5.68. The standard InChI is InChI=1S/C15H23NO2/c16-14(18)15(9-5-6-12(10-15)11-17)13-7-3-1-2-4-8-13/h7,11-12H,1-6,8-10H2,(H2,16,18). The van der Waals surface area contributed by atoms with Gasteiger partial charge < -0.3 is 10.5 Å². The summed E-state index contributed by atoms with van der Waals surface area (Å²) in [5, 5.41) is 0. The van der Waals surface area contributed by atoms with Crippen LogP contribution in [-0.2, 0) is 9.59 Å². The van der Waals surface area contributed by atoms with Crippen LogP contribution in [0.2, 0.25) is 0 Å². The Hall–Kier alpha value is -1.12. The average Bonchev–Trinajstić information content (AvgIpc) is 2.67. The van der Waals surface area contributed by atoms with E-state index in [9.17, 15) is 9.59 Å². The van der Waals surface area contributed by atoms with Crippen LogP contribution in [0.1, 0.15) is 57.8 Å². The molecular weight excluding hydrogens is 226 g/mol. The molecule has 1 amide bonds. The molecule has 2 rings (SSSR count). The molecular formula is C15H23NO2. The van der Waals surface area contributed by atoms with Crippen LogP contribution in [0.4, 0.5) is 0 Å². The van der Waals surface area contributed by atoms with Gasteiger partial charge in [-0.25, -0.2) is 0 Å². The van der Waals surface area contributed by atoms with E-state index in [1.54, 1.807) is 0 Å². The minimum atomic E-state index is -0.520. The Morgan fingerprint density at radius 1 is 1.33 bits per heavy atom. The van der Waals surface area contributed by atoms with Gasteiger partial charge in [0.15, 0.2) is 0 Å². The van der Waals surface area contributed by atoms with E-state index in [1.807, 2.05) is 0 Å². The molecule has 0 aromatic heterocycles. The van der Waals surface area contributed by atoms with E-state index in [-0.39, 0.29) is 11.8 Å². The van der Waals surface area contributed by atoms with Crippen molar-refractivity contribution in [3.63, 3.8) is 0 Å². The van der Waals surface area contributed by atoms with E-state index in [1.165, 1.54) is 18.4 Å². The van der Waals surface area contributed by atoms with Crippen molar-refractivity contribution in [1.29, 1.82) is 0 Å². The highest BCUT2D eigenvalue weighted by Gasteiger charge is 2.43. The molecule has 2 aliphatic carbocycles. The van der Waals surface area contributed by atoms with Crippen LogP contribution in [0, 0.1) is 11.3 Å². The molecule has 3 nitrogen and oxygen atoms in total. The van der Waals surface area contributed by atoms with Crippen molar-refractivity contribution < 1.29 is 9.59 Å². The molecule has 0 aromatic carbocycles. The minimum absolute atomic E-state index is 0.00963. The van der Waals surface area contributed by atoms with Crippen LogP contribution < -0.4 is 5.73 Å². The SMILES string of the molecule is NC(=O)C1(C2=CCCCCC2)CCCC(C=O)C1. The first kappa shape index (κ1) is 13.3. The number of primary amides is 1. The van der Waals surface area contributed by atoms with Crippen molar-refractivity contribution in [2.24, 2.45) is 17.1 Å². The van der Waals surface area contributed by atoms with Crippen molar-refractivity contribution in [1.82, 2.24) is 0 Å². The van der Waals surface area contributed by atoms with Gasteiger partial charge in [-0.3, -0.25) is 4.79 Å². The Morgan fingerprint density at radius 3 is 2.89 bits per heavy atom. The lowest BCUT2D eigenvalue weighted by molar-refractivity contribution is -0.129. The fourth-order valence-electron chi connectivity index (χ4n) is 3.56. The zero-order chi connectivity index (χ0) is 13.0. The zero-order valence-electron chi connectivity index (χ0n) is 11.0. The highest BCUT2D eigenvalue weighted by Crippen LogP contribution is 2.46. The van der Waals surface area contributed by atoms with Gasteiger partial charge in [-0.2, -0.15) is 0 Å². The number of nitrogens with two attached hydrogens (primary N) is 1. The van der Waals surface area contributed by atoms with Crippen molar-refractivity contribution in [3.8, 4) is 0 Å². The molecule has 1 fully saturated rings. The number of rotatable bonds is 3. The van der Waals surface area contributed by atoms with Gasteiger partial charge in [0.25, 0.3) is 0 Å². The highest BCUT2D eigenvalue weighted by molar-refractivity contribution is 5.85. The zero-order valence-corrected chi connectivity index (χ0v) is 11.0. The lowest BCUT2D eigenvalue weighted by Crippen LogP contribution is -2.43. The molecule has 3 heteroatoms. The predicted octanol–water partition coefficient (Wildman–Crippen LogP) is 2.74. The number of allylic oxidation sites excluding steroid dienone is 1.